The Labute approximate surface area is 194 Å². The monoisotopic (exact) mass is 460 g/mol. The summed E-state index contributed by atoms with van der Waals surface area (Å²) < 4.78 is 32.4. The number of nitrogens with zero attached hydrogens (tertiary/aromatic N) is 2. The lowest BCUT2D eigenvalue weighted by Crippen LogP contribution is -2.49. The first-order valence-corrected chi connectivity index (χ1v) is 10.7. The van der Waals surface area contributed by atoms with Crippen LogP contribution in [-0.2, 0) is 11.3 Å². The van der Waals surface area contributed by atoms with Gasteiger partial charge in [0, 0.05) is 44.9 Å². The van der Waals surface area contributed by atoms with Crippen molar-refractivity contribution in [1.29, 1.82) is 0 Å². The maximum atomic E-state index is 12.7. The summed E-state index contributed by atoms with van der Waals surface area (Å²) in [5.41, 5.74) is 1.14. The maximum absolute atomic E-state index is 12.7. The first-order valence-electron chi connectivity index (χ1n) is 10.7. The van der Waals surface area contributed by atoms with Crippen LogP contribution in [0.25, 0.3) is 0 Å². The van der Waals surface area contributed by atoms with Crippen LogP contribution in [0.5, 0.6) is 34.5 Å². The van der Waals surface area contributed by atoms with E-state index in [1.54, 1.807) is 26.4 Å². The molecule has 1 amide bonds. The van der Waals surface area contributed by atoms with Crippen molar-refractivity contribution in [3.63, 3.8) is 0 Å². The highest BCUT2D eigenvalue weighted by Crippen LogP contribution is 2.40. The molecule has 0 atom stereocenters. The number of methoxy groups -OCH3 is 5. The van der Waals surface area contributed by atoms with E-state index >= 15 is 0 Å². The molecule has 1 aliphatic heterocycles. The number of ether oxygens (including phenoxy) is 6. The van der Waals surface area contributed by atoms with Crippen molar-refractivity contribution in [2.75, 3.05) is 68.3 Å². The summed E-state index contributed by atoms with van der Waals surface area (Å²) in [6.07, 6.45) is 0. The van der Waals surface area contributed by atoms with Gasteiger partial charge < -0.3 is 33.3 Å². The molecular weight excluding hydrogens is 428 g/mol. The zero-order valence-electron chi connectivity index (χ0n) is 19.9. The van der Waals surface area contributed by atoms with Crippen LogP contribution < -0.4 is 28.4 Å². The van der Waals surface area contributed by atoms with E-state index in [-0.39, 0.29) is 12.5 Å². The number of hydrogen-bond acceptors (Lipinski definition) is 8. The molecule has 0 saturated carbocycles. The number of hydrogen-bond donors (Lipinski definition) is 0. The summed E-state index contributed by atoms with van der Waals surface area (Å²) in [6, 6.07) is 9.28. The standard InChI is InChI=1S/C24H32N2O7/c1-28-19-7-6-17(12-20(19)29-2)15-25-8-10-26(11-9-25)23(27)16-33-18-13-21(30-3)24(32-5)22(14-18)31-4/h6-7,12-14H,8-11,15-16H2,1-5H3. The first kappa shape index (κ1) is 24.3. The van der Waals surface area contributed by atoms with Gasteiger partial charge >= 0.3 is 0 Å². The van der Waals surface area contributed by atoms with Gasteiger partial charge in [-0.05, 0) is 17.7 Å². The molecule has 2 aromatic carbocycles. The van der Waals surface area contributed by atoms with Crippen LogP contribution in [0.1, 0.15) is 5.56 Å². The highest BCUT2D eigenvalue weighted by molar-refractivity contribution is 5.78. The van der Waals surface area contributed by atoms with Gasteiger partial charge in [-0.2, -0.15) is 0 Å². The van der Waals surface area contributed by atoms with Crippen LogP contribution in [-0.4, -0.2) is 84.0 Å². The van der Waals surface area contributed by atoms with Gasteiger partial charge in [-0.3, -0.25) is 9.69 Å². The predicted molar refractivity (Wildman–Crippen MR) is 123 cm³/mol. The second kappa shape index (κ2) is 11.5. The van der Waals surface area contributed by atoms with Crippen molar-refractivity contribution < 1.29 is 33.2 Å². The first-order chi connectivity index (χ1) is 16.0. The molecule has 0 radical (unpaired) electrons. The Bertz CT molecular complexity index is 917. The van der Waals surface area contributed by atoms with Gasteiger partial charge in [0.15, 0.2) is 29.6 Å². The molecule has 0 unspecified atom stereocenters. The summed E-state index contributed by atoms with van der Waals surface area (Å²) in [5.74, 6) is 3.27. The number of amides is 1. The predicted octanol–water partition coefficient (Wildman–Crippen LogP) is 2.45. The summed E-state index contributed by atoms with van der Waals surface area (Å²) in [4.78, 5) is 16.8. The molecule has 1 heterocycles. The fraction of sp³-hybridized carbons (Fsp3) is 0.458. The number of piperazine rings is 1. The minimum Gasteiger partial charge on any atom is -0.493 e. The van der Waals surface area contributed by atoms with Crippen molar-refractivity contribution in [1.82, 2.24) is 9.80 Å². The lowest BCUT2D eigenvalue weighted by molar-refractivity contribution is -0.135. The zero-order valence-corrected chi connectivity index (χ0v) is 19.9. The Morgan fingerprint density at radius 1 is 0.758 bits per heavy atom. The van der Waals surface area contributed by atoms with Gasteiger partial charge in [-0.25, -0.2) is 0 Å². The Morgan fingerprint density at radius 3 is 1.91 bits per heavy atom. The normalized spacial score (nSPS) is 13.9. The molecule has 9 heteroatoms. The third kappa shape index (κ3) is 5.92. The molecule has 1 saturated heterocycles. The van der Waals surface area contributed by atoms with Crippen molar-refractivity contribution in [3.8, 4) is 34.5 Å². The van der Waals surface area contributed by atoms with E-state index in [1.807, 2.05) is 23.1 Å². The molecule has 0 bridgehead atoms. The van der Waals surface area contributed by atoms with Gasteiger partial charge in [0.25, 0.3) is 5.91 Å². The second-order valence-electron chi connectivity index (χ2n) is 7.50. The third-order valence-corrected chi connectivity index (χ3v) is 5.58. The summed E-state index contributed by atoms with van der Waals surface area (Å²) >= 11 is 0. The summed E-state index contributed by atoms with van der Waals surface area (Å²) in [7, 11) is 7.86. The highest BCUT2D eigenvalue weighted by atomic mass is 16.5. The van der Waals surface area contributed by atoms with Gasteiger partial charge in [-0.1, -0.05) is 6.07 Å². The van der Waals surface area contributed by atoms with E-state index in [1.165, 1.54) is 21.3 Å². The SMILES string of the molecule is COc1ccc(CN2CCN(C(=O)COc3cc(OC)c(OC)c(OC)c3)CC2)cc1OC. The Hall–Kier alpha value is -3.33. The van der Waals surface area contributed by atoms with E-state index in [0.717, 1.165) is 25.2 Å². The van der Waals surface area contributed by atoms with Crippen molar-refractivity contribution in [2.24, 2.45) is 0 Å². The van der Waals surface area contributed by atoms with Crippen LogP contribution in [0, 0.1) is 0 Å². The van der Waals surface area contributed by atoms with Crippen molar-refractivity contribution >= 4 is 5.91 Å². The van der Waals surface area contributed by atoms with E-state index in [2.05, 4.69) is 4.90 Å². The maximum Gasteiger partial charge on any atom is 0.260 e. The lowest BCUT2D eigenvalue weighted by Gasteiger charge is -2.34. The average Bonchev–Trinajstić information content (AvgIpc) is 2.86. The molecule has 3 rings (SSSR count). The van der Waals surface area contributed by atoms with E-state index in [0.29, 0.717) is 47.6 Å². The van der Waals surface area contributed by atoms with Crippen LogP contribution in [0.2, 0.25) is 0 Å². The van der Waals surface area contributed by atoms with Crippen molar-refractivity contribution in [2.45, 2.75) is 6.54 Å². The lowest BCUT2D eigenvalue weighted by atomic mass is 10.1. The van der Waals surface area contributed by atoms with Gasteiger partial charge in [0.05, 0.1) is 35.5 Å². The summed E-state index contributed by atoms with van der Waals surface area (Å²) in [5, 5.41) is 0. The Morgan fingerprint density at radius 2 is 1.36 bits per heavy atom. The topological polar surface area (TPSA) is 78.9 Å². The smallest absolute Gasteiger partial charge is 0.260 e. The van der Waals surface area contributed by atoms with E-state index < -0.39 is 0 Å². The molecule has 9 nitrogen and oxygen atoms in total. The molecule has 1 fully saturated rings. The van der Waals surface area contributed by atoms with Crippen LogP contribution in [0.4, 0.5) is 0 Å². The van der Waals surface area contributed by atoms with Gasteiger partial charge in [0.1, 0.15) is 5.75 Å². The molecular formula is C24H32N2O7. The number of carbonyl (C=O) groups is 1. The molecule has 1 aliphatic rings. The van der Waals surface area contributed by atoms with E-state index in [4.69, 9.17) is 28.4 Å². The molecule has 2 aromatic rings. The number of benzene rings is 2. The highest BCUT2D eigenvalue weighted by Gasteiger charge is 2.22. The quantitative estimate of drug-likeness (QED) is 0.535. The average molecular weight is 461 g/mol. The number of rotatable bonds is 10. The van der Waals surface area contributed by atoms with Crippen LogP contribution >= 0.6 is 0 Å². The molecule has 0 aliphatic carbocycles. The Kier molecular flexibility index (Phi) is 8.48. The van der Waals surface area contributed by atoms with E-state index in [9.17, 15) is 4.79 Å². The molecule has 0 aromatic heterocycles. The molecule has 33 heavy (non-hydrogen) atoms. The van der Waals surface area contributed by atoms with Crippen molar-refractivity contribution in [3.05, 3.63) is 35.9 Å². The minimum atomic E-state index is -0.0612. The van der Waals surface area contributed by atoms with Crippen LogP contribution in [0.15, 0.2) is 30.3 Å². The molecule has 0 spiro atoms. The van der Waals surface area contributed by atoms with Gasteiger partial charge in [0.2, 0.25) is 5.75 Å². The zero-order chi connectivity index (χ0) is 23.8. The molecule has 180 valence electrons. The number of carbonyl (C=O) groups excluding carboxylic acids is 1. The third-order valence-electron chi connectivity index (χ3n) is 5.58. The fourth-order valence-electron chi connectivity index (χ4n) is 3.77. The molecule has 0 N–H and O–H groups in total. The van der Waals surface area contributed by atoms with Gasteiger partial charge in [-0.15, -0.1) is 0 Å². The fourth-order valence-corrected chi connectivity index (χ4v) is 3.77. The minimum absolute atomic E-state index is 0.0606. The van der Waals surface area contributed by atoms with Crippen LogP contribution in [0.3, 0.4) is 0 Å². The Balaban J connectivity index is 1.52. The largest absolute Gasteiger partial charge is 0.493 e. The summed E-state index contributed by atoms with van der Waals surface area (Å²) in [6.45, 7) is 3.57. The second-order valence-corrected chi connectivity index (χ2v) is 7.50.